The number of sulfonamides is 2. The number of anilines is 2. The number of aryl methyl sites for hydroxylation is 3. The van der Waals surface area contributed by atoms with Gasteiger partial charge in [0.05, 0.1) is 5.69 Å². The standard InChI is InChI=1S/C18H19ClN4O6S3/c1-9-7-10(2)15(13(8-9)31(25,26)20-4)21-17(24)16-12(5-6-30-16)32(27,28)23-18-14(19)11(3)22-29-18/h5-8,20,23H,1-4H3,(H,21,24). The van der Waals surface area contributed by atoms with Crippen molar-refractivity contribution in [1.29, 1.82) is 0 Å². The van der Waals surface area contributed by atoms with Crippen LogP contribution < -0.4 is 14.8 Å². The summed E-state index contributed by atoms with van der Waals surface area (Å²) in [6, 6.07) is 4.36. The van der Waals surface area contributed by atoms with E-state index in [0.717, 1.165) is 11.3 Å². The van der Waals surface area contributed by atoms with E-state index >= 15 is 0 Å². The average Bonchev–Trinajstić information content (AvgIpc) is 3.33. The predicted octanol–water partition coefficient (Wildman–Crippen LogP) is 3.28. The largest absolute Gasteiger partial charge is 0.336 e. The lowest BCUT2D eigenvalue weighted by Gasteiger charge is -2.15. The second kappa shape index (κ2) is 8.83. The molecule has 3 rings (SSSR count). The summed E-state index contributed by atoms with van der Waals surface area (Å²) in [7, 11) is -6.90. The van der Waals surface area contributed by atoms with Gasteiger partial charge in [0.1, 0.15) is 25.4 Å². The van der Waals surface area contributed by atoms with Crippen LogP contribution in [0.25, 0.3) is 0 Å². The molecule has 0 aliphatic heterocycles. The second-order valence-electron chi connectivity index (χ2n) is 6.75. The van der Waals surface area contributed by atoms with Gasteiger partial charge in [-0.25, -0.2) is 26.3 Å². The van der Waals surface area contributed by atoms with Crippen molar-refractivity contribution in [3.8, 4) is 0 Å². The van der Waals surface area contributed by atoms with Gasteiger partial charge >= 0.3 is 0 Å². The van der Waals surface area contributed by atoms with Crippen molar-refractivity contribution in [3.63, 3.8) is 0 Å². The van der Waals surface area contributed by atoms with Crippen molar-refractivity contribution in [2.24, 2.45) is 0 Å². The molecule has 1 amide bonds. The van der Waals surface area contributed by atoms with Gasteiger partial charge in [0, 0.05) is 0 Å². The Kier molecular flexibility index (Phi) is 6.67. The lowest BCUT2D eigenvalue weighted by Crippen LogP contribution is -2.23. The van der Waals surface area contributed by atoms with Gasteiger partial charge in [-0.2, -0.15) is 0 Å². The molecule has 172 valence electrons. The normalized spacial score (nSPS) is 12.0. The van der Waals surface area contributed by atoms with Gasteiger partial charge in [-0.05, 0) is 56.5 Å². The molecule has 0 aliphatic rings. The molecule has 0 fully saturated rings. The van der Waals surface area contributed by atoms with Crippen LogP contribution in [0.1, 0.15) is 26.5 Å². The average molecular weight is 519 g/mol. The van der Waals surface area contributed by atoms with E-state index in [4.69, 9.17) is 16.1 Å². The van der Waals surface area contributed by atoms with E-state index in [1.165, 1.54) is 31.5 Å². The van der Waals surface area contributed by atoms with Crippen LogP contribution in [0, 0.1) is 20.8 Å². The van der Waals surface area contributed by atoms with Gasteiger partial charge < -0.3 is 9.84 Å². The van der Waals surface area contributed by atoms with Crippen molar-refractivity contribution in [2.45, 2.75) is 30.6 Å². The first kappa shape index (κ1) is 24.2. The predicted molar refractivity (Wildman–Crippen MR) is 121 cm³/mol. The van der Waals surface area contributed by atoms with Crippen LogP contribution in [-0.2, 0) is 20.0 Å². The van der Waals surface area contributed by atoms with Crippen molar-refractivity contribution in [1.82, 2.24) is 9.88 Å². The van der Waals surface area contributed by atoms with Crippen LogP contribution in [-0.4, -0.2) is 34.9 Å². The summed E-state index contributed by atoms with van der Waals surface area (Å²) in [5.74, 6) is -1.07. The third kappa shape index (κ3) is 4.66. The third-order valence-electron chi connectivity index (χ3n) is 4.38. The van der Waals surface area contributed by atoms with E-state index in [-0.39, 0.29) is 31.3 Å². The number of hydrogen-bond donors (Lipinski definition) is 3. The Bertz CT molecular complexity index is 1410. The maximum Gasteiger partial charge on any atom is 0.267 e. The minimum atomic E-state index is -4.26. The summed E-state index contributed by atoms with van der Waals surface area (Å²) in [5, 5.41) is 7.53. The first-order valence-electron chi connectivity index (χ1n) is 8.95. The van der Waals surface area contributed by atoms with E-state index in [2.05, 4.69) is 19.9 Å². The highest BCUT2D eigenvalue weighted by Crippen LogP contribution is 2.32. The molecule has 3 N–H and O–H groups in total. The third-order valence-corrected chi connectivity index (χ3v) is 8.68. The summed E-state index contributed by atoms with van der Waals surface area (Å²) in [5.41, 5.74) is 1.52. The number of aromatic nitrogens is 1. The molecule has 2 heterocycles. The number of nitrogens with one attached hydrogen (secondary N) is 3. The summed E-state index contributed by atoms with van der Waals surface area (Å²) >= 11 is 6.84. The van der Waals surface area contributed by atoms with E-state index < -0.39 is 26.0 Å². The van der Waals surface area contributed by atoms with E-state index in [1.807, 2.05) is 0 Å². The van der Waals surface area contributed by atoms with Gasteiger partial charge in [0.15, 0.2) is 0 Å². The van der Waals surface area contributed by atoms with Crippen LogP contribution in [0.15, 0.2) is 37.9 Å². The summed E-state index contributed by atoms with van der Waals surface area (Å²) in [6.07, 6.45) is 0. The van der Waals surface area contributed by atoms with Crippen LogP contribution in [0.3, 0.4) is 0 Å². The van der Waals surface area contributed by atoms with Gasteiger partial charge in [-0.15, -0.1) is 11.3 Å². The molecule has 14 heteroatoms. The molecule has 0 aliphatic carbocycles. The molecule has 2 aromatic heterocycles. The zero-order valence-corrected chi connectivity index (χ0v) is 20.5. The molecule has 0 unspecified atom stereocenters. The van der Waals surface area contributed by atoms with Gasteiger partial charge in [-0.1, -0.05) is 22.8 Å². The van der Waals surface area contributed by atoms with Crippen molar-refractivity contribution < 1.29 is 26.2 Å². The highest BCUT2D eigenvalue weighted by Gasteiger charge is 2.28. The smallest absolute Gasteiger partial charge is 0.267 e. The lowest BCUT2D eigenvalue weighted by molar-refractivity contribution is 0.102. The monoisotopic (exact) mass is 518 g/mol. The van der Waals surface area contributed by atoms with Crippen LogP contribution in [0.5, 0.6) is 0 Å². The minimum Gasteiger partial charge on any atom is -0.336 e. The molecular formula is C18H19ClN4O6S3. The van der Waals surface area contributed by atoms with Crippen LogP contribution in [0.4, 0.5) is 11.6 Å². The van der Waals surface area contributed by atoms with E-state index in [1.54, 1.807) is 19.9 Å². The summed E-state index contributed by atoms with van der Waals surface area (Å²) in [4.78, 5) is 12.4. The Labute approximate surface area is 194 Å². The van der Waals surface area contributed by atoms with Gasteiger partial charge in [-0.3, -0.25) is 4.79 Å². The summed E-state index contributed by atoms with van der Waals surface area (Å²) < 4.78 is 59.9. The Hall–Kier alpha value is -2.45. The van der Waals surface area contributed by atoms with Crippen molar-refractivity contribution >= 4 is 60.5 Å². The molecule has 0 atom stereocenters. The number of thiophene rings is 1. The number of benzene rings is 1. The fourth-order valence-corrected chi connectivity index (χ4v) is 6.39. The number of rotatable bonds is 7. The molecule has 0 bridgehead atoms. The first-order valence-corrected chi connectivity index (χ1v) is 13.2. The number of halogens is 1. The zero-order valence-electron chi connectivity index (χ0n) is 17.3. The highest BCUT2D eigenvalue weighted by molar-refractivity contribution is 7.93. The van der Waals surface area contributed by atoms with E-state index in [9.17, 15) is 21.6 Å². The fraction of sp³-hybridized carbons (Fsp3) is 0.222. The number of hydrogen-bond acceptors (Lipinski definition) is 8. The maximum absolute atomic E-state index is 13.0. The molecule has 10 nitrogen and oxygen atoms in total. The molecule has 0 saturated heterocycles. The van der Waals surface area contributed by atoms with Gasteiger partial charge in [0.2, 0.25) is 10.0 Å². The van der Waals surface area contributed by atoms with Crippen LogP contribution >= 0.6 is 22.9 Å². The quantitative estimate of drug-likeness (QED) is 0.434. The van der Waals surface area contributed by atoms with E-state index in [0.29, 0.717) is 16.8 Å². The zero-order chi connectivity index (χ0) is 23.8. The molecule has 0 saturated carbocycles. The SMILES string of the molecule is CNS(=O)(=O)c1cc(C)cc(C)c1NC(=O)c1sccc1S(=O)(=O)Nc1onc(C)c1Cl. The Morgan fingerprint density at radius 3 is 2.38 bits per heavy atom. The Morgan fingerprint density at radius 1 is 1.09 bits per heavy atom. The maximum atomic E-state index is 13.0. The number of amides is 1. The number of carbonyl (C=O) groups excluding carboxylic acids is 1. The molecule has 3 aromatic rings. The highest BCUT2D eigenvalue weighted by atomic mass is 35.5. The van der Waals surface area contributed by atoms with Crippen molar-refractivity contribution in [2.75, 3.05) is 17.1 Å². The number of nitrogens with zero attached hydrogens (tertiary/aromatic N) is 1. The van der Waals surface area contributed by atoms with Gasteiger partial charge in [0.25, 0.3) is 21.8 Å². The first-order chi connectivity index (χ1) is 14.9. The second-order valence-corrected chi connectivity index (χ2v) is 11.5. The van der Waals surface area contributed by atoms with Crippen LogP contribution in [0.2, 0.25) is 5.02 Å². The number of carbonyl (C=O) groups is 1. The topological polar surface area (TPSA) is 147 Å². The fourth-order valence-electron chi connectivity index (χ4n) is 2.85. The van der Waals surface area contributed by atoms with Crippen molar-refractivity contribution in [3.05, 3.63) is 50.3 Å². The summed E-state index contributed by atoms with van der Waals surface area (Å²) in [6.45, 7) is 4.90. The Balaban J connectivity index is 1.99. The Morgan fingerprint density at radius 2 is 1.78 bits per heavy atom. The molecule has 0 radical (unpaired) electrons. The molecular weight excluding hydrogens is 500 g/mol. The molecule has 0 spiro atoms. The molecule has 32 heavy (non-hydrogen) atoms. The lowest BCUT2D eigenvalue weighted by atomic mass is 10.1. The minimum absolute atomic E-state index is 0.00741. The molecule has 1 aromatic carbocycles.